The number of para-hydroxylation sites is 1. The van der Waals surface area contributed by atoms with Gasteiger partial charge in [-0.25, -0.2) is 9.67 Å². The van der Waals surface area contributed by atoms with Gasteiger partial charge in [0.1, 0.15) is 0 Å². The van der Waals surface area contributed by atoms with Crippen molar-refractivity contribution in [3.05, 3.63) is 65.8 Å². The van der Waals surface area contributed by atoms with E-state index in [4.69, 9.17) is 4.99 Å². The van der Waals surface area contributed by atoms with Crippen LogP contribution in [0.25, 0.3) is 5.69 Å². The van der Waals surface area contributed by atoms with Crippen molar-refractivity contribution >= 4 is 22.3 Å². The molecule has 1 aliphatic heterocycles. The molecule has 0 bridgehead atoms. The minimum absolute atomic E-state index is 0.450. The molecule has 0 aliphatic carbocycles. The van der Waals surface area contributed by atoms with Crippen LogP contribution in [0.1, 0.15) is 25.5 Å². The van der Waals surface area contributed by atoms with E-state index in [9.17, 15) is 0 Å². The third kappa shape index (κ3) is 5.17. The number of hydrogen-bond acceptors (Lipinski definition) is 4. The highest BCUT2D eigenvalue weighted by molar-refractivity contribution is 7.14. The number of nitrogens with zero attached hydrogens (tertiary/aromatic N) is 4. The average Bonchev–Trinajstić information content (AvgIpc) is 3.46. The minimum atomic E-state index is 0.450. The number of nitrogens with one attached hydrogen (secondary N) is 2. The monoisotopic (exact) mass is 408 g/mol. The smallest absolute Gasteiger partial charge is 0.191 e. The van der Waals surface area contributed by atoms with Gasteiger partial charge in [-0.15, -0.1) is 11.3 Å². The first-order valence-corrected chi connectivity index (χ1v) is 11.1. The van der Waals surface area contributed by atoms with Gasteiger partial charge < -0.3 is 15.5 Å². The molecule has 0 spiro atoms. The summed E-state index contributed by atoms with van der Waals surface area (Å²) in [6.45, 7) is 5.67. The van der Waals surface area contributed by atoms with Crippen LogP contribution >= 0.6 is 11.3 Å². The lowest BCUT2D eigenvalue weighted by Gasteiger charge is -2.33. The van der Waals surface area contributed by atoms with Crippen LogP contribution in [0.2, 0.25) is 0 Å². The number of piperidine rings is 1. The maximum Gasteiger partial charge on any atom is 0.191 e. The molecule has 4 rings (SSSR count). The highest BCUT2D eigenvalue weighted by atomic mass is 32.1. The average molecular weight is 409 g/mol. The Kier molecular flexibility index (Phi) is 6.46. The van der Waals surface area contributed by atoms with Crippen LogP contribution in [0, 0.1) is 0 Å². The largest absolute Gasteiger partial charge is 0.363 e. The molecule has 0 saturated carbocycles. The Balaban J connectivity index is 1.33. The van der Waals surface area contributed by atoms with Crippen LogP contribution in [-0.2, 0) is 6.54 Å². The summed E-state index contributed by atoms with van der Waals surface area (Å²) in [7, 11) is 0. The van der Waals surface area contributed by atoms with Crippen molar-refractivity contribution in [1.82, 2.24) is 20.4 Å². The third-order valence-electron chi connectivity index (χ3n) is 5.06. The van der Waals surface area contributed by atoms with Crippen LogP contribution in [0.4, 0.5) is 5.00 Å². The summed E-state index contributed by atoms with van der Waals surface area (Å²) in [5, 5.41) is 15.1. The normalized spacial score (nSPS) is 15.5. The van der Waals surface area contributed by atoms with Crippen LogP contribution < -0.4 is 15.5 Å². The van der Waals surface area contributed by atoms with Crippen molar-refractivity contribution in [2.24, 2.45) is 4.99 Å². The molecule has 2 aromatic heterocycles. The predicted molar refractivity (Wildman–Crippen MR) is 121 cm³/mol. The number of guanidine groups is 1. The van der Waals surface area contributed by atoms with Crippen molar-refractivity contribution in [3.8, 4) is 5.69 Å². The molecule has 29 heavy (non-hydrogen) atoms. The second-order valence-corrected chi connectivity index (χ2v) is 8.07. The van der Waals surface area contributed by atoms with Crippen molar-refractivity contribution in [3.63, 3.8) is 0 Å². The Hall–Kier alpha value is -2.80. The van der Waals surface area contributed by atoms with Gasteiger partial charge in [0.15, 0.2) is 5.96 Å². The van der Waals surface area contributed by atoms with E-state index in [1.54, 1.807) is 0 Å². The molecule has 0 amide bonds. The molecule has 152 valence electrons. The maximum absolute atomic E-state index is 4.76. The van der Waals surface area contributed by atoms with E-state index in [-0.39, 0.29) is 0 Å². The number of hydrogen-bond donors (Lipinski definition) is 2. The molecular formula is C22H28N6S. The summed E-state index contributed by atoms with van der Waals surface area (Å²) in [5.41, 5.74) is 2.02. The SMILES string of the molecule is CCNC(=NCc1ccn(-c2ccccc2)n1)NC1CCN(c2cccs2)CC1. The highest BCUT2D eigenvalue weighted by Gasteiger charge is 2.20. The summed E-state index contributed by atoms with van der Waals surface area (Å²) in [5.74, 6) is 0.872. The van der Waals surface area contributed by atoms with Gasteiger partial charge in [0.25, 0.3) is 0 Å². The summed E-state index contributed by atoms with van der Waals surface area (Å²) in [6.07, 6.45) is 4.22. The molecule has 1 fully saturated rings. The predicted octanol–water partition coefficient (Wildman–Crippen LogP) is 3.66. The van der Waals surface area contributed by atoms with Gasteiger partial charge in [0, 0.05) is 31.9 Å². The van der Waals surface area contributed by atoms with Crippen LogP contribution in [0.5, 0.6) is 0 Å². The zero-order valence-electron chi connectivity index (χ0n) is 16.8. The highest BCUT2D eigenvalue weighted by Crippen LogP contribution is 2.24. The van der Waals surface area contributed by atoms with Crippen LogP contribution in [0.3, 0.4) is 0 Å². The summed E-state index contributed by atoms with van der Waals surface area (Å²) >= 11 is 1.82. The van der Waals surface area contributed by atoms with Gasteiger partial charge in [0.05, 0.1) is 22.9 Å². The Morgan fingerprint density at radius 1 is 1.14 bits per heavy atom. The van der Waals surface area contributed by atoms with Crippen molar-refractivity contribution in [1.29, 1.82) is 0 Å². The molecule has 2 N–H and O–H groups in total. The van der Waals surface area contributed by atoms with E-state index >= 15 is 0 Å². The van der Waals surface area contributed by atoms with Gasteiger partial charge in [-0.05, 0) is 55.5 Å². The number of thiophene rings is 1. The zero-order chi connectivity index (χ0) is 19.9. The number of anilines is 1. The van der Waals surface area contributed by atoms with Gasteiger partial charge in [0.2, 0.25) is 0 Å². The molecule has 3 aromatic rings. The first-order valence-electron chi connectivity index (χ1n) is 10.2. The molecule has 0 radical (unpaired) electrons. The zero-order valence-corrected chi connectivity index (χ0v) is 17.6. The first kappa shape index (κ1) is 19.5. The fourth-order valence-corrected chi connectivity index (χ4v) is 4.32. The van der Waals surface area contributed by atoms with E-state index in [0.29, 0.717) is 12.6 Å². The molecule has 1 aromatic carbocycles. The van der Waals surface area contributed by atoms with Crippen molar-refractivity contribution in [2.45, 2.75) is 32.4 Å². The molecule has 3 heterocycles. The van der Waals surface area contributed by atoms with Crippen LogP contribution in [0.15, 0.2) is 65.1 Å². The second-order valence-electron chi connectivity index (χ2n) is 7.14. The van der Waals surface area contributed by atoms with Gasteiger partial charge in [-0.3, -0.25) is 0 Å². The van der Waals surface area contributed by atoms with Gasteiger partial charge in [-0.2, -0.15) is 5.10 Å². The standard InChI is InChI=1S/C22H28N6S/c1-2-23-22(25-18-10-13-27(14-11-18)21-9-6-16-29-21)24-17-19-12-15-28(26-19)20-7-4-3-5-8-20/h3-9,12,15-16,18H,2,10-11,13-14,17H2,1H3,(H2,23,24,25). The van der Waals surface area contributed by atoms with Crippen LogP contribution in [-0.4, -0.2) is 41.4 Å². The lowest BCUT2D eigenvalue weighted by molar-refractivity contribution is 0.463. The van der Waals surface area contributed by atoms with Crippen molar-refractivity contribution in [2.75, 3.05) is 24.5 Å². The number of rotatable bonds is 6. The summed E-state index contributed by atoms with van der Waals surface area (Å²) < 4.78 is 1.89. The summed E-state index contributed by atoms with van der Waals surface area (Å²) in [4.78, 5) is 7.24. The molecule has 6 nitrogen and oxygen atoms in total. The number of benzene rings is 1. The Bertz CT molecular complexity index is 895. The fraction of sp³-hybridized carbons (Fsp3) is 0.364. The number of aliphatic imine (C=N–C) groups is 1. The van der Waals surface area contributed by atoms with Gasteiger partial charge in [-0.1, -0.05) is 18.2 Å². The molecule has 1 aliphatic rings. The first-order chi connectivity index (χ1) is 14.3. The van der Waals surface area contributed by atoms with Crippen molar-refractivity contribution < 1.29 is 0 Å². The molecule has 0 atom stereocenters. The molecule has 0 unspecified atom stereocenters. The quantitative estimate of drug-likeness (QED) is 0.483. The minimum Gasteiger partial charge on any atom is -0.363 e. The van der Waals surface area contributed by atoms with E-state index < -0.39 is 0 Å². The van der Waals surface area contributed by atoms with E-state index in [1.807, 2.05) is 58.6 Å². The van der Waals surface area contributed by atoms with Gasteiger partial charge >= 0.3 is 0 Å². The Morgan fingerprint density at radius 3 is 2.69 bits per heavy atom. The van der Waals surface area contributed by atoms with E-state index in [2.05, 4.69) is 45.1 Å². The summed E-state index contributed by atoms with van der Waals surface area (Å²) in [6, 6.07) is 17.0. The molecule has 7 heteroatoms. The van der Waals surface area contributed by atoms with E-state index in [0.717, 1.165) is 49.8 Å². The maximum atomic E-state index is 4.76. The lowest BCUT2D eigenvalue weighted by atomic mass is 10.1. The second kappa shape index (κ2) is 9.60. The lowest BCUT2D eigenvalue weighted by Crippen LogP contribution is -2.48. The fourth-order valence-electron chi connectivity index (χ4n) is 3.54. The Morgan fingerprint density at radius 2 is 1.97 bits per heavy atom. The van der Waals surface area contributed by atoms with E-state index in [1.165, 1.54) is 5.00 Å². The molecule has 1 saturated heterocycles. The third-order valence-corrected chi connectivity index (χ3v) is 5.99. The molecular weight excluding hydrogens is 380 g/mol. The topological polar surface area (TPSA) is 57.5 Å². The Labute approximate surface area is 176 Å². The number of aromatic nitrogens is 2.